The Bertz CT molecular complexity index is 339. The number of hydrogen-bond acceptors (Lipinski definition) is 3. The van der Waals surface area contributed by atoms with Crippen LogP contribution in [0.15, 0.2) is 12.4 Å². The van der Waals surface area contributed by atoms with Gasteiger partial charge in [0.05, 0.1) is 0 Å². The van der Waals surface area contributed by atoms with Crippen molar-refractivity contribution >= 4 is 0 Å². The van der Waals surface area contributed by atoms with E-state index in [1.165, 1.54) is 44.1 Å². The summed E-state index contributed by atoms with van der Waals surface area (Å²) >= 11 is 0. The second-order valence-electron chi connectivity index (χ2n) is 5.51. The van der Waals surface area contributed by atoms with Gasteiger partial charge in [0.2, 0.25) is 0 Å². The van der Waals surface area contributed by atoms with Crippen molar-refractivity contribution in [2.45, 2.75) is 70.3 Å². The lowest BCUT2D eigenvalue weighted by Crippen LogP contribution is -2.21. The molecule has 0 spiro atoms. The van der Waals surface area contributed by atoms with Crippen LogP contribution >= 0.6 is 0 Å². The Labute approximate surface area is 110 Å². The molecule has 100 valence electrons. The van der Waals surface area contributed by atoms with Crippen molar-refractivity contribution in [2.75, 3.05) is 0 Å². The van der Waals surface area contributed by atoms with Crippen LogP contribution in [0.2, 0.25) is 0 Å². The van der Waals surface area contributed by atoms with Crippen LogP contribution in [-0.2, 0) is 6.42 Å². The van der Waals surface area contributed by atoms with Gasteiger partial charge in [0.1, 0.15) is 5.82 Å². The molecule has 1 aliphatic rings. The molecular weight excluding hydrogens is 222 g/mol. The van der Waals surface area contributed by atoms with E-state index >= 15 is 0 Å². The minimum Gasteiger partial charge on any atom is -0.327 e. The van der Waals surface area contributed by atoms with Gasteiger partial charge in [0.25, 0.3) is 0 Å². The Morgan fingerprint density at radius 3 is 2.33 bits per heavy atom. The average Bonchev–Trinajstić information content (AvgIpc) is 2.68. The van der Waals surface area contributed by atoms with E-state index in [1.807, 2.05) is 12.4 Å². The van der Waals surface area contributed by atoms with E-state index in [0.29, 0.717) is 5.92 Å². The predicted molar refractivity (Wildman–Crippen MR) is 74.4 cm³/mol. The molecule has 1 fully saturated rings. The molecule has 0 amide bonds. The van der Waals surface area contributed by atoms with Gasteiger partial charge in [-0.1, -0.05) is 32.6 Å². The van der Waals surface area contributed by atoms with Crippen LogP contribution in [0.1, 0.15) is 69.2 Å². The third kappa shape index (κ3) is 3.77. The summed E-state index contributed by atoms with van der Waals surface area (Å²) in [6.07, 6.45) is 13.8. The van der Waals surface area contributed by atoms with E-state index < -0.39 is 0 Å². The Morgan fingerprint density at radius 1 is 1.17 bits per heavy atom. The highest BCUT2D eigenvalue weighted by atomic mass is 14.9. The summed E-state index contributed by atoms with van der Waals surface area (Å²) in [6, 6.07) is 0.234. The Hall–Kier alpha value is -0.960. The average molecular weight is 247 g/mol. The van der Waals surface area contributed by atoms with Crippen molar-refractivity contribution in [3.63, 3.8) is 0 Å². The zero-order chi connectivity index (χ0) is 12.8. The Morgan fingerprint density at radius 2 is 1.78 bits per heavy atom. The van der Waals surface area contributed by atoms with Crippen LogP contribution in [0.5, 0.6) is 0 Å². The maximum absolute atomic E-state index is 5.95. The summed E-state index contributed by atoms with van der Waals surface area (Å²) in [7, 11) is 0. The van der Waals surface area contributed by atoms with Gasteiger partial charge in [-0.3, -0.25) is 0 Å². The molecule has 18 heavy (non-hydrogen) atoms. The maximum atomic E-state index is 5.95. The molecule has 1 heterocycles. The normalized spacial score (nSPS) is 19.4. The van der Waals surface area contributed by atoms with Crippen LogP contribution < -0.4 is 5.73 Å². The molecule has 3 nitrogen and oxygen atoms in total. The fourth-order valence-corrected chi connectivity index (χ4v) is 2.67. The molecule has 0 bridgehead atoms. The van der Waals surface area contributed by atoms with E-state index in [1.54, 1.807) is 0 Å². The Kier molecular flexibility index (Phi) is 5.12. The van der Waals surface area contributed by atoms with Crippen molar-refractivity contribution < 1.29 is 0 Å². The first-order valence-electron chi connectivity index (χ1n) is 7.36. The molecule has 2 N–H and O–H groups in total. The summed E-state index contributed by atoms with van der Waals surface area (Å²) in [6.45, 7) is 2.12. The van der Waals surface area contributed by atoms with Gasteiger partial charge in [-0.25, -0.2) is 9.97 Å². The highest BCUT2D eigenvalue weighted by Crippen LogP contribution is 2.29. The van der Waals surface area contributed by atoms with Crippen molar-refractivity contribution in [3.05, 3.63) is 23.8 Å². The number of aromatic nitrogens is 2. The van der Waals surface area contributed by atoms with Crippen molar-refractivity contribution in [1.29, 1.82) is 0 Å². The zero-order valence-electron chi connectivity index (χ0n) is 11.4. The summed E-state index contributed by atoms with van der Waals surface area (Å²) in [5.41, 5.74) is 7.12. The molecule has 3 heteroatoms. The lowest BCUT2D eigenvalue weighted by atomic mass is 9.99. The van der Waals surface area contributed by atoms with Crippen molar-refractivity contribution in [1.82, 2.24) is 9.97 Å². The van der Waals surface area contributed by atoms with Crippen LogP contribution in [0, 0.1) is 0 Å². The van der Waals surface area contributed by atoms with E-state index in [-0.39, 0.29) is 6.04 Å². The Balaban J connectivity index is 1.97. The predicted octanol–water partition coefficient (Wildman–Crippen LogP) is 3.19. The molecule has 1 unspecified atom stereocenters. The molecule has 2 rings (SSSR count). The summed E-state index contributed by atoms with van der Waals surface area (Å²) in [5, 5.41) is 0. The second-order valence-corrected chi connectivity index (χ2v) is 5.51. The monoisotopic (exact) mass is 247 g/mol. The summed E-state index contributed by atoms with van der Waals surface area (Å²) in [5.74, 6) is 1.63. The maximum Gasteiger partial charge on any atom is 0.131 e. The fourth-order valence-electron chi connectivity index (χ4n) is 2.67. The third-order valence-electron chi connectivity index (χ3n) is 3.97. The van der Waals surface area contributed by atoms with Crippen LogP contribution in [0.4, 0.5) is 0 Å². The molecule has 0 aromatic carbocycles. The SMILES string of the molecule is CCC(N)Cc1cnc(C2CCCCCC2)nc1. The van der Waals surface area contributed by atoms with Gasteiger partial charge in [0.15, 0.2) is 0 Å². The molecule has 1 aliphatic carbocycles. The van der Waals surface area contributed by atoms with E-state index in [2.05, 4.69) is 16.9 Å². The first-order valence-corrected chi connectivity index (χ1v) is 7.36. The number of hydrogen-bond donors (Lipinski definition) is 1. The lowest BCUT2D eigenvalue weighted by molar-refractivity contribution is 0.557. The molecule has 1 saturated carbocycles. The molecule has 0 radical (unpaired) electrons. The third-order valence-corrected chi connectivity index (χ3v) is 3.97. The largest absolute Gasteiger partial charge is 0.327 e. The zero-order valence-corrected chi connectivity index (χ0v) is 11.4. The van der Waals surface area contributed by atoms with Crippen molar-refractivity contribution in [2.24, 2.45) is 5.73 Å². The molecule has 1 aromatic rings. The van der Waals surface area contributed by atoms with Crippen LogP contribution in [0.3, 0.4) is 0 Å². The van der Waals surface area contributed by atoms with Crippen LogP contribution in [-0.4, -0.2) is 16.0 Å². The van der Waals surface area contributed by atoms with Gasteiger partial charge in [-0.05, 0) is 31.2 Å². The van der Waals surface area contributed by atoms with Crippen molar-refractivity contribution in [3.8, 4) is 0 Å². The fraction of sp³-hybridized carbons (Fsp3) is 0.733. The highest BCUT2D eigenvalue weighted by Gasteiger charge is 2.16. The van der Waals surface area contributed by atoms with E-state index in [0.717, 1.165) is 18.7 Å². The van der Waals surface area contributed by atoms with Gasteiger partial charge in [-0.2, -0.15) is 0 Å². The van der Waals surface area contributed by atoms with Gasteiger partial charge < -0.3 is 5.73 Å². The summed E-state index contributed by atoms with van der Waals surface area (Å²) < 4.78 is 0. The topological polar surface area (TPSA) is 51.8 Å². The van der Waals surface area contributed by atoms with Crippen LogP contribution in [0.25, 0.3) is 0 Å². The smallest absolute Gasteiger partial charge is 0.131 e. The summed E-state index contributed by atoms with van der Waals surface area (Å²) in [4.78, 5) is 9.13. The van der Waals surface area contributed by atoms with Gasteiger partial charge in [-0.15, -0.1) is 0 Å². The first-order chi connectivity index (χ1) is 8.79. The minimum absolute atomic E-state index is 0.234. The number of nitrogens with two attached hydrogens (primary N) is 1. The first kappa shape index (κ1) is 13.5. The van der Waals surface area contributed by atoms with Gasteiger partial charge in [0, 0.05) is 24.4 Å². The second kappa shape index (κ2) is 6.83. The minimum atomic E-state index is 0.234. The molecule has 1 atom stereocenters. The highest BCUT2D eigenvalue weighted by molar-refractivity contribution is 5.09. The van der Waals surface area contributed by atoms with E-state index in [9.17, 15) is 0 Å². The molecule has 1 aromatic heterocycles. The number of nitrogens with zero attached hydrogens (tertiary/aromatic N) is 2. The van der Waals surface area contributed by atoms with E-state index in [4.69, 9.17) is 5.73 Å². The lowest BCUT2D eigenvalue weighted by Gasteiger charge is -2.13. The quantitative estimate of drug-likeness (QED) is 0.831. The standard InChI is InChI=1S/C15H25N3/c1-2-14(16)9-12-10-17-15(18-11-12)13-7-5-3-4-6-8-13/h10-11,13-14H,2-9,16H2,1H3. The molecular formula is C15H25N3. The molecule has 0 saturated heterocycles. The van der Waals surface area contributed by atoms with Gasteiger partial charge >= 0.3 is 0 Å². The molecule has 0 aliphatic heterocycles. The number of rotatable bonds is 4.